The van der Waals surface area contributed by atoms with E-state index >= 15 is 0 Å². The Hall–Kier alpha value is -1.32. The van der Waals surface area contributed by atoms with Gasteiger partial charge in [-0.3, -0.25) is 4.79 Å². The van der Waals surface area contributed by atoms with Gasteiger partial charge in [-0.2, -0.15) is 0 Å². The van der Waals surface area contributed by atoms with E-state index < -0.39 is 5.97 Å². The van der Waals surface area contributed by atoms with Gasteiger partial charge in [-0.1, -0.05) is 6.58 Å². The number of rotatable bonds is 7. The zero-order chi connectivity index (χ0) is 11.0. The maximum Gasteiger partial charge on any atom is 0.333 e. The van der Waals surface area contributed by atoms with Crippen LogP contribution >= 0.6 is 0 Å². The molecule has 4 heteroatoms. The van der Waals surface area contributed by atoms with Crippen LogP contribution in [0.2, 0.25) is 0 Å². The zero-order valence-electron chi connectivity index (χ0n) is 8.41. The largest absolute Gasteiger partial charge is 0.481 e. The molecule has 0 saturated carbocycles. The Morgan fingerprint density at radius 1 is 1.29 bits per heavy atom. The first kappa shape index (κ1) is 12.7. The Labute approximate surface area is 83.6 Å². The monoisotopic (exact) mass is 200 g/mol. The molecule has 0 aliphatic carbocycles. The van der Waals surface area contributed by atoms with E-state index in [-0.39, 0.29) is 12.4 Å². The molecule has 0 bridgehead atoms. The van der Waals surface area contributed by atoms with Crippen molar-refractivity contribution in [3.8, 4) is 0 Å². The van der Waals surface area contributed by atoms with Crippen LogP contribution in [0.4, 0.5) is 0 Å². The molecule has 0 aliphatic rings. The van der Waals surface area contributed by atoms with Gasteiger partial charge in [-0.15, -0.1) is 0 Å². The van der Waals surface area contributed by atoms with Crippen molar-refractivity contribution >= 4 is 11.9 Å². The third-order valence-corrected chi connectivity index (χ3v) is 1.68. The molecule has 0 amide bonds. The van der Waals surface area contributed by atoms with E-state index in [0.29, 0.717) is 31.4 Å². The highest BCUT2D eigenvalue weighted by Crippen LogP contribution is 2.08. The quantitative estimate of drug-likeness (QED) is 0.386. The Bertz CT molecular complexity index is 220. The van der Waals surface area contributed by atoms with Crippen LogP contribution in [0.1, 0.15) is 32.6 Å². The fourth-order valence-electron chi connectivity index (χ4n) is 0.950. The summed E-state index contributed by atoms with van der Waals surface area (Å²) >= 11 is 0. The van der Waals surface area contributed by atoms with Crippen molar-refractivity contribution in [2.75, 3.05) is 6.61 Å². The maximum absolute atomic E-state index is 11.0. The molecule has 0 aromatic heterocycles. The van der Waals surface area contributed by atoms with Crippen LogP contribution in [0.5, 0.6) is 0 Å². The van der Waals surface area contributed by atoms with Gasteiger partial charge in [0.05, 0.1) is 6.61 Å². The van der Waals surface area contributed by atoms with Gasteiger partial charge in [0.2, 0.25) is 0 Å². The molecule has 0 rings (SSSR count). The second-order valence-electron chi connectivity index (χ2n) is 2.92. The highest BCUT2D eigenvalue weighted by Gasteiger charge is 2.07. The molecule has 80 valence electrons. The van der Waals surface area contributed by atoms with Crippen LogP contribution in [-0.4, -0.2) is 23.7 Å². The van der Waals surface area contributed by atoms with Crippen molar-refractivity contribution in [1.82, 2.24) is 0 Å². The van der Waals surface area contributed by atoms with Crippen LogP contribution in [0.25, 0.3) is 0 Å². The Morgan fingerprint density at radius 2 is 1.86 bits per heavy atom. The average molecular weight is 200 g/mol. The number of carboxylic acid groups (broad SMARTS) is 1. The third kappa shape index (κ3) is 6.22. The van der Waals surface area contributed by atoms with E-state index in [0.717, 1.165) is 0 Å². The Morgan fingerprint density at radius 3 is 2.36 bits per heavy atom. The first-order chi connectivity index (χ1) is 6.57. The summed E-state index contributed by atoms with van der Waals surface area (Å²) in [6.07, 6.45) is 1.86. The molecule has 0 radical (unpaired) electrons. The average Bonchev–Trinajstić information content (AvgIpc) is 2.12. The number of ether oxygens (including phenoxy) is 1. The number of hydrogen-bond acceptors (Lipinski definition) is 3. The minimum absolute atomic E-state index is 0.135. The van der Waals surface area contributed by atoms with Crippen LogP contribution in [0.15, 0.2) is 12.2 Å². The molecule has 0 unspecified atom stereocenters. The van der Waals surface area contributed by atoms with Gasteiger partial charge in [0, 0.05) is 12.0 Å². The highest BCUT2D eigenvalue weighted by molar-refractivity contribution is 5.87. The fourth-order valence-corrected chi connectivity index (χ4v) is 0.950. The van der Waals surface area contributed by atoms with E-state index in [4.69, 9.17) is 9.84 Å². The zero-order valence-corrected chi connectivity index (χ0v) is 8.41. The molecule has 0 saturated heterocycles. The molecular formula is C10H16O4. The topological polar surface area (TPSA) is 63.6 Å². The minimum Gasteiger partial charge on any atom is -0.481 e. The molecular weight excluding hydrogens is 184 g/mol. The summed E-state index contributed by atoms with van der Waals surface area (Å²) in [6, 6.07) is 0. The summed E-state index contributed by atoms with van der Waals surface area (Å²) in [7, 11) is 0. The van der Waals surface area contributed by atoms with Crippen LogP contribution in [0, 0.1) is 0 Å². The molecule has 0 aromatic carbocycles. The van der Waals surface area contributed by atoms with E-state index in [1.807, 2.05) is 0 Å². The van der Waals surface area contributed by atoms with E-state index in [9.17, 15) is 9.59 Å². The first-order valence-electron chi connectivity index (χ1n) is 4.64. The number of unbranched alkanes of at least 4 members (excludes halogenated alkanes) is 1. The molecule has 0 aliphatic heterocycles. The van der Waals surface area contributed by atoms with E-state index in [1.54, 1.807) is 6.92 Å². The predicted octanol–water partition coefficient (Wildman–Crippen LogP) is 1.75. The number of carboxylic acids is 1. The second kappa shape index (κ2) is 7.12. The van der Waals surface area contributed by atoms with Crippen molar-refractivity contribution < 1.29 is 19.4 Å². The third-order valence-electron chi connectivity index (χ3n) is 1.68. The summed E-state index contributed by atoms with van der Waals surface area (Å²) in [6.45, 7) is 5.64. The van der Waals surface area contributed by atoms with Gasteiger partial charge in [0.25, 0.3) is 0 Å². The van der Waals surface area contributed by atoms with E-state index in [1.165, 1.54) is 0 Å². The van der Waals surface area contributed by atoms with Crippen molar-refractivity contribution in [2.45, 2.75) is 32.6 Å². The van der Waals surface area contributed by atoms with Crippen LogP contribution < -0.4 is 0 Å². The molecule has 0 aromatic rings. The summed E-state index contributed by atoms with van der Waals surface area (Å²) < 4.78 is 4.73. The predicted molar refractivity (Wildman–Crippen MR) is 51.9 cm³/mol. The van der Waals surface area contributed by atoms with Gasteiger partial charge in [0.15, 0.2) is 0 Å². The lowest BCUT2D eigenvalue weighted by molar-refractivity contribution is -0.138. The SMILES string of the molecule is C=C(CCCCC(=O)O)C(=O)OCC. The molecule has 0 spiro atoms. The lowest BCUT2D eigenvalue weighted by Crippen LogP contribution is -2.06. The van der Waals surface area contributed by atoms with Gasteiger partial charge < -0.3 is 9.84 Å². The van der Waals surface area contributed by atoms with Gasteiger partial charge >= 0.3 is 11.9 Å². The normalized spacial score (nSPS) is 9.50. The number of esters is 1. The van der Waals surface area contributed by atoms with Crippen LogP contribution in [0.3, 0.4) is 0 Å². The van der Waals surface area contributed by atoms with Gasteiger partial charge in [0.1, 0.15) is 0 Å². The number of hydrogen-bond donors (Lipinski definition) is 1. The standard InChI is InChI=1S/C10H16O4/c1-3-14-10(13)8(2)6-4-5-7-9(11)12/h2-7H2,1H3,(H,11,12). The highest BCUT2D eigenvalue weighted by atomic mass is 16.5. The second-order valence-corrected chi connectivity index (χ2v) is 2.92. The summed E-state index contributed by atoms with van der Waals surface area (Å²) in [5, 5.41) is 8.36. The fraction of sp³-hybridized carbons (Fsp3) is 0.600. The number of carbonyl (C=O) groups is 2. The number of aliphatic carboxylic acids is 1. The molecule has 0 atom stereocenters. The van der Waals surface area contributed by atoms with E-state index in [2.05, 4.69) is 6.58 Å². The first-order valence-corrected chi connectivity index (χ1v) is 4.64. The van der Waals surface area contributed by atoms with Crippen molar-refractivity contribution in [3.05, 3.63) is 12.2 Å². The lowest BCUT2D eigenvalue weighted by atomic mass is 10.1. The minimum atomic E-state index is -0.813. The van der Waals surface area contributed by atoms with Gasteiger partial charge in [-0.05, 0) is 26.2 Å². The molecule has 0 fully saturated rings. The van der Waals surface area contributed by atoms with Crippen molar-refractivity contribution in [2.24, 2.45) is 0 Å². The molecule has 0 heterocycles. The Balaban J connectivity index is 3.53. The summed E-state index contributed by atoms with van der Waals surface area (Å²) in [5.74, 6) is -1.20. The summed E-state index contributed by atoms with van der Waals surface area (Å²) in [4.78, 5) is 21.2. The molecule has 4 nitrogen and oxygen atoms in total. The smallest absolute Gasteiger partial charge is 0.333 e. The number of carbonyl (C=O) groups excluding carboxylic acids is 1. The lowest BCUT2D eigenvalue weighted by Gasteiger charge is -2.03. The van der Waals surface area contributed by atoms with Crippen molar-refractivity contribution in [1.29, 1.82) is 0 Å². The van der Waals surface area contributed by atoms with Crippen molar-refractivity contribution in [3.63, 3.8) is 0 Å². The molecule has 1 N–H and O–H groups in total. The maximum atomic E-state index is 11.0. The van der Waals surface area contributed by atoms with Gasteiger partial charge in [-0.25, -0.2) is 4.79 Å². The molecule has 14 heavy (non-hydrogen) atoms. The summed E-state index contributed by atoms with van der Waals surface area (Å²) in [5.41, 5.74) is 0.414. The van der Waals surface area contributed by atoms with Crippen LogP contribution in [-0.2, 0) is 14.3 Å². The Kier molecular flexibility index (Phi) is 6.45.